The second kappa shape index (κ2) is 7.82. The summed E-state index contributed by atoms with van der Waals surface area (Å²) in [5, 5.41) is 5.84. The van der Waals surface area contributed by atoms with Crippen molar-refractivity contribution in [3.63, 3.8) is 0 Å². The zero-order valence-electron chi connectivity index (χ0n) is 11.0. The Hall–Kier alpha value is -1.42. The van der Waals surface area contributed by atoms with Crippen molar-refractivity contribution in [2.45, 2.75) is 26.7 Å². The van der Waals surface area contributed by atoms with Crippen molar-refractivity contribution in [2.75, 3.05) is 18.4 Å². The van der Waals surface area contributed by atoms with Crippen molar-refractivity contribution in [1.29, 1.82) is 0 Å². The number of rotatable bonds is 7. The summed E-state index contributed by atoms with van der Waals surface area (Å²) in [5.41, 5.74) is 0.616. The Labute approximate surface area is 108 Å². The highest BCUT2D eigenvalue weighted by Crippen LogP contribution is 2.08. The highest BCUT2D eigenvalue weighted by molar-refractivity contribution is 5.92. The molecule has 0 bridgehead atoms. The lowest BCUT2D eigenvalue weighted by Crippen LogP contribution is -2.31. The Balaban J connectivity index is 2.27. The third kappa shape index (κ3) is 5.27. The summed E-state index contributed by atoms with van der Waals surface area (Å²) in [6, 6.07) is 5.75. The molecule has 1 aromatic carbocycles. The standard InChI is InChI=1S/C14H21FN2O/c1-3-11(4-2)9-16-10-14(18)17-13-7-5-12(15)6-8-13/h5-8,11,16H,3-4,9-10H2,1-2H3,(H,17,18). The minimum absolute atomic E-state index is 0.104. The average Bonchev–Trinajstić information content (AvgIpc) is 2.37. The maximum atomic E-state index is 12.7. The van der Waals surface area contributed by atoms with Crippen LogP contribution in [0.25, 0.3) is 0 Å². The Morgan fingerprint density at radius 2 is 1.83 bits per heavy atom. The van der Waals surface area contributed by atoms with Crippen LogP contribution in [0.3, 0.4) is 0 Å². The topological polar surface area (TPSA) is 41.1 Å². The van der Waals surface area contributed by atoms with Crippen molar-refractivity contribution < 1.29 is 9.18 Å². The lowest BCUT2D eigenvalue weighted by molar-refractivity contribution is -0.115. The summed E-state index contributed by atoms with van der Waals surface area (Å²) in [6.45, 7) is 5.43. The predicted octanol–water partition coefficient (Wildman–Crippen LogP) is 2.79. The first-order valence-electron chi connectivity index (χ1n) is 6.41. The van der Waals surface area contributed by atoms with E-state index < -0.39 is 0 Å². The average molecular weight is 252 g/mol. The van der Waals surface area contributed by atoms with Gasteiger partial charge in [0.1, 0.15) is 5.82 Å². The van der Waals surface area contributed by atoms with E-state index in [0.717, 1.165) is 19.4 Å². The largest absolute Gasteiger partial charge is 0.325 e. The molecule has 1 amide bonds. The van der Waals surface area contributed by atoms with Crippen LogP contribution >= 0.6 is 0 Å². The molecular formula is C14H21FN2O. The van der Waals surface area contributed by atoms with Gasteiger partial charge in [-0.05, 0) is 36.7 Å². The van der Waals surface area contributed by atoms with E-state index in [9.17, 15) is 9.18 Å². The first kappa shape index (κ1) is 14.6. The molecule has 0 saturated heterocycles. The van der Waals surface area contributed by atoms with Gasteiger partial charge in [0, 0.05) is 5.69 Å². The minimum atomic E-state index is -0.306. The van der Waals surface area contributed by atoms with Crippen LogP contribution in [0.2, 0.25) is 0 Å². The smallest absolute Gasteiger partial charge is 0.238 e. The molecular weight excluding hydrogens is 231 g/mol. The Kier molecular flexibility index (Phi) is 6.36. The van der Waals surface area contributed by atoms with Crippen molar-refractivity contribution in [3.8, 4) is 0 Å². The highest BCUT2D eigenvalue weighted by Gasteiger charge is 2.05. The maximum Gasteiger partial charge on any atom is 0.238 e. The molecule has 0 unspecified atom stereocenters. The van der Waals surface area contributed by atoms with Gasteiger partial charge in [-0.1, -0.05) is 26.7 Å². The molecule has 2 N–H and O–H groups in total. The lowest BCUT2D eigenvalue weighted by atomic mass is 10.0. The summed E-state index contributed by atoms with van der Waals surface area (Å²) in [7, 11) is 0. The van der Waals surface area contributed by atoms with Gasteiger partial charge in [-0.2, -0.15) is 0 Å². The number of amides is 1. The molecule has 0 aliphatic carbocycles. The quantitative estimate of drug-likeness (QED) is 0.783. The van der Waals surface area contributed by atoms with Gasteiger partial charge in [-0.15, -0.1) is 0 Å². The highest BCUT2D eigenvalue weighted by atomic mass is 19.1. The van der Waals surface area contributed by atoms with Crippen molar-refractivity contribution in [3.05, 3.63) is 30.1 Å². The maximum absolute atomic E-state index is 12.7. The van der Waals surface area contributed by atoms with Gasteiger partial charge in [-0.25, -0.2) is 4.39 Å². The Morgan fingerprint density at radius 1 is 1.22 bits per heavy atom. The molecule has 0 aromatic heterocycles. The third-order valence-electron chi connectivity index (χ3n) is 3.00. The van der Waals surface area contributed by atoms with Crippen LogP contribution < -0.4 is 10.6 Å². The number of benzene rings is 1. The zero-order chi connectivity index (χ0) is 13.4. The van der Waals surface area contributed by atoms with E-state index in [4.69, 9.17) is 0 Å². The molecule has 18 heavy (non-hydrogen) atoms. The number of nitrogens with one attached hydrogen (secondary N) is 2. The van der Waals surface area contributed by atoms with E-state index in [0.29, 0.717) is 11.6 Å². The molecule has 0 heterocycles. The fourth-order valence-electron chi connectivity index (χ4n) is 1.71. The van der Waals surface area contributed by atoms with E-state index in [1.807, 2.05) is 0 Å². The van der Waals surface area contributed by atoms with Crippen molar-refractivity contribution in [1.82, 2.24) is 5.32 Å². The van der Waals surface area contributed by atoms with Crippen LogP contribution in [0, 0.1) is 11.7 Å². The number of carbonyl (C=O) groups excluding carboxylic acids is 1. The molecule has 3 nitrogen and oxygen atoms in total. The normalized spacial score (nSPS) is 10.7. The van der Waals surface area contributed by atoms with Gasteiger partial charge in [0.2, 0.25) is 5.91 Å². The zero-order valence-corrected chi connectivity index (χ0v) is 11.0. The number of carbonyl (C=O) groups is 1. The number of halogens is 1. The number of hydrogen-bond donors (Lipinski definition) is 2. The third-order valence-corrected chi connectivity index (χ3v) is 3.00. The fraction of sp³-hybridized carbons (Fsp3) is 0.500. The molecule has 100 valence electrons. The molecule has 0 spiro atoms. The first-order valence-corrected chi connectivity index (χ1v) is 6.41. The molecule has 1 rings (SSSR count). The number of hydrogen-bond acceptors (Lipinski definition) is 2. The molecule has 0 radical (unpaired) electrons. The van der Waals surface area contributed by atoms with Crippen LogP contribution in [-0.2, 0) is 4.79 Å². The summed E-state index contributed by atoms with van der Waals surface area (Å²) in [4.78, 5) is 11.6. The molecule has 0 fully saturated rings. The van der Waals surface area contributed by atoms with E-state index >= 15 is 0 Å². The number of anilines is 1. The van der Waals surface area contributed by atoms with Crippen molar-refractivity contribution >= 4 is 11.6 Å². The fourth-order valence-corrected chi connectivity index (χ4v) is 1.71. The Bertz CT molecular complexity index is 361. The van der Waals surface area contributed by atoms with E-state index in [-0.39, 0.29) is 18.3 Å². The van der Waals surface area contributed by atoms with Gasteiger partial charge >= 0.3 is 0 Å². The SMILES string of the molecule is CCC(CC)CNCC(=O)Nc1ccc(F)cc1. The molecule has 1 aromatic rings. The lowest BCUT2D eigenvalue weighted by Gasteiger charge is -2.13. The molecule has 0 atom stereocenters. The van der Waals surface area contributed by atoms with Crippen LogP contribution in [0.5, 0.6) is 0 Å². The van der Waals surface area contributed by atoms with Crippen LogP contribution in [0.1, 0.15) is 26.7 Å². The Morgan fingerprint density at radius 3 is 2.39 bits per heavy atom. The first-order chi connectivity index (χ1) is 8.65. The van der Waals surface area contributed by atoms with Gasteiger partial charge in [0.05, 0.1) is 6.54 Å². The van der Waals surface area contributed by atoms with Crippen molar-refractivity contribution in [2.24, 2.45) is 5.92 Å². The van der Waals surface area contributed by atoms with Crippen LogP contribution in [-0.4, -0.2) is 19.0 Å². The van der Waals surface area contributed by atoms with Crippen LogP contribution in [0.15, 0.2) is 24.3 Å². The second-order valence-corrected chi connectivity index (χ2v) is 4.37. The molecule has 0 saturated carbocycles. The molecule has 0 aliphatic rings. The summed E-state index contributed by atoms with van der Waals surface area (Å²) >= 11 is 0. The van der Waals surface area contributed by atoms with Gasteiger partial charge in [0.25, 0.3) is 0 Å². The minimum Gasteiger partial charge on any atom is -0.325 e. The van der Waals surface area contributed by atoms with Crippen LogP contribution in [0.4, 0.5) is 10.1 Å². The van der Waals surface area contributed by atoms with E-state index in [2.05, 4.69) is 24.5 Å². The van der Waals surface area contributed by atoms with Gasteiger partial charge in [0.15, 0.2) is 0 Å². The van der Waals surface area contributed by atoms with Gasteiger partial charge in [-0.3, -0.25) is 4.79 Å². The summed E-state index contributed by atoms with van der Waals surface area (Å²) in [5.74, 6) is 0.205. The predicted molar refractivity (Wildman–Crippen MR) is 72.0 cm³/mol. The van der Waals surface area contributed by atoms with E-state index in [1.165, 1.54) is 12.1 Å². The van der Waals surface area contributed by atoms with Gasteiger partial charge < -0.3 is 10.6 Å². The summed E-state index contributed by atoms with van der Waals surface area (Å²) in [6.07, 6.45) is 2.23. The second-order valence-electron chi connectivity index (χ2n) is 4.37. The van der Waals surface area contributed by atoms with E-state index in [1.54, 1.807) is 12.1 Å². The molecule has 4 heteroatoms. The molecule has 0 aliphatic heterocycles. The summed E-state index contributed by atoms with van der Waals surface area (Å²) < 4.78 is 12.7. The monoisotopic (exact) mass is 252 g/mol.